The van der Waals surface area contributed by atoms with E-state index in [1.807, 2.05) is 30.3 Å². The summed E-state index contributed by atoms with van der Waals surface area (Å²) in [5.41, 5.74) is 1.84. The molecule has 0 bridgehead atoms. The molecule has 1 fully saturated rings. The highest BCUT2D eigenvalue weighted by Gasteiger charge is 2.19. The maximum absolute atomic E-state index is 5.58. The van der Waals surface area contributed by atoms with E-state index < -0.39 is 0 Å². The SMILES string of the molecule is CCC1CCCCN1CCNC(=NC)NCc1coc(-c2ccccc2)n1.I. The monoisotopic (exact) mass is 497 g/mol. The minimum atomic E-state index is 0. The Morgan fingerprint density at radius 1 is 1.25 bits per heavy atom. The van der Waals surface area contributed by atoms with Gasteiger partial charge in [-0.05, 0) is 37.9 Å². The molecular weight excluding hydrogens is 465 g/mol. The molecule has 1 aliphatic heterocycles. The van der Waals surface area contributed by atoms with Gasteiger partial charge in [0.25, 0.3) is 0 Å². The van der Waals surface area contributed by atoms with Crippen LogP contribution >= 0.6 is 24.0 Å². The predicted molar refractivity (Wildman–Crippen MR) is 125 cm³/mol. The van der Waals surface area contributed by atoms with Gasteiger partial charge in [0, 0.05) is 31.7 Å². The summed E-state index contributed by atoms with van der Waals surface area (Å²) in [6.07, 6.45) is 6.96. The third-order valence-electron chi connectivity index (χ3n) is 5.14. The normalized spacial score (nSPS) is 17.8. The molecule has 0 aliphatic carbocycles. The number of halogens is 1. The van der Waals surface area contributed by atoms with Crippen LogP contribution < -0.4 is 10.6 Å². The summed E-state index contributed by atoms with van der Waals surface area (Å²) < 4.78 is 5.58. The summed E-state index contributed by atoms with van der Waals surface area (Å²) >= 11 is 0. The van der Waals surface area contributed by atoms with Crippen LogP contribution in [0.15, 0.2) is 46.0 Å². The number of rotatable bonds is 7. The van der Waals surface area contributed by atoms with E-state index in [2.05, 4.69) is 32.4 Å². The van der Waals surface area contributed by atoms with Crippen LogP contribution in [0.4, 0.5) is 0 Å². The summed E-state index contributed by atoms with van der Waals surface area (Å²) in [6.45, 7) is 6.04. The molecule has 1 aliphatic rings. The highest BCUT2D eigenvalue weighted by atomic mass is 127. The van der Waals surface area contributed by atoms with Gasteiger partial charge < -0.3 is 15.1 Å². The Balaban J connectivity index is 0.00000280. The topological polar surface area (TPSA) is 65.7 Å². The highest BCUT2D eigenvalue weighted by molar-refractivity contribution is 14.0. The van der Waals surface area contributed by atoms with Crippen LogP contribution in [0.1, 0.15) is 38.3 Å². The number of hydrogen-bond donors (Lipinski definition) is 2. The fourth-order valence-electron chi connectivity index (χ4n) is 3.63. The van der Waals surface area contributed by atoms with Crippen molar-refractivity contribution in [2.24, 2.45) is 4.99 Å². The van der Waals surface area contributed by atoms with Gasteiger partial charge in [0.1, 0.15) is 6.26 Å². The number of benzene rings is 1. The van der Waals surface area contributed by atoms with Gasteiger partial charge in [-0.25, -0.2) is 4.98 Å². The van der Waals surface area contributed by atoms with Gasteiger partial charge in [0.05, 0.1) is 12.2 Å². The van der Waals surface area contributed by atoms with Crippen LogP contribution in [-0.4, -0.2) is 48.6 Å². The van der Waals surface area contributed by atoms with Crippen molar-refractivity contribution in [3.8, 4) is 11.5 Å². The Bertz CT molecular complexity index is 719. The molecular formula is C21H32IN5O. The van der Waals surface area contributed by atoms with Gasteiger partial charge in [0.15, 0.2) is 5.96 Å². The van der Waals surface area contributed by atoms with Gasteiger partial charge in [-0.1, -0.05) is 31.5 Å². The number of aromatic nitrogens is 1. The molecule has 0 saturated carbocycles. The smallest absolute Gasteiger partial charge is 0.226 e. The van der Waals surface area contributed by atoms with Gasteiger partial charge in [-0.15, -0.1) is 24.0 Å². The fourth-order valence-corrected chi connectivity index (χ4v) is 3.63. The van der Waals surface area contributed by atoms with Crippen LogP contribution in [0.2, 0.25) is 0 Å². The predicted octanol–water partition coefficient (Wildman–Crippen LogP) is 3.89. The van der Waals surface area contributed by atoms with Gasteiger partial charge in [-0.2, -0.15) is 0 Å². The van der Waals surface area contributed by atoms with E-state index in [4.69, 9.17) is 4.42 Å². The highest BCUT2D eigenvalue weighted by Crippen LogP contribution is 2.19. The maximum Gasteiger partial charge on any atom is 0.226 e. The van der Waals surface area contributed by atoms with E-state index in [9.17, 15) is 0 Å². The standard InChI is InChI=1S/C21H31N5O.HI/c1-3-19-11-7-8-13-26(19)14-12-23-21(22-2)24-15-18-16-27-20(25-18)17-9-5-4-6-10-17;/h4-6,9-10,16,19H,3,7-8,11-15H2,1-2H3,(H2,22,23,24);1H. The lowest BCUT2D eigenvalue weighted by molar-refractivity contribution is 0.147. The second-order valence-electron chi connectivity index (χ2n) is 6.96. The molecule has 2 heterocycles. The Labute approximate surface area is 185 Å². The molecule has 1 aromatic carbocycles. The number of nitrogens with one attached hydrogen (secondary N) is 2. The van der Waals surface area contributed by atoms with Gasteiger partial charge >= 0.3 is 0 Å². The summed E-state index contributed by atoms with van der Waals surface area (Å²) in [5, 5.41) is 6.72. The number of likely N-dealkylation sites (tertiary alicyclic amines) is 1. The first-order valence-corrected chi connectivity index (χ1v) is 9.98. The zero-order valence-corrected chi connectivity index (χ0v) is 19.2. The average molecular weight is 497 g/mol. The van der Waals surface area contributed by atoms with Crippen LogP contribution in [0.25, 0.3) is 11.5 Å². The van der Waals surface area contributed by atoms with Crippen LogP contribution in [0.3, 0.4) is 0 Å². The Morgan fingerprint density at radius 2 is 2.07 bits per heavy atom. The third-order valence-corrected chi connectivity index (χ3v) is 5.14. The van der Waals surface area contributed by atoms with Gasteiger partial charge in [-0.3, -0.25) is 9.89 Å². The first-order valence-electron chi connectivity index (χ1n) is 9.98. The minimum Gasteiger partial charge on any atom is -0.444 e. The van der Waals surface area contributed by atoms with E-state index >= 15 is 0 Å². The fraction of sp³-hybridized carbons (Fsp3) is 0.524. The zero-order valence-electron chi connectivity index (χ0n) is 16.9. The first-order chi connectivity index (χ1) is 13.3. The van der Waals surface area contributed by atoms with E-state index in [0.29, 0.717) is 12.4 Å². The number of piperidine rings is 1. The molecule has 154 valence electrons. The molecule has 0 radical (unpaired) electrons. The van der Waals surface area contributed by atoms with Crippen molar-refractivity contribution in [3.05, 3.63) is 42.3 Å². The molecule has 7 heteroatoms. The maximum atomic E-state index is 5.58. The minimum absolute atomic E-state index is 0. The molecule has 28 heavy (non-hydrogen) atoms. The quantitative estimate of drug-likeness (QED) is 0.345. The van der Waals surface area contributed by atoms with E-state index in [1.54, 1.807) is 13.3 Å². The van der Waals surface area contributed by atoms with Crippen molar-refractivity contribution in [3.63, 3.8) is 0 Å². The number of aliphatic imine (C=N–C) groups is 1. The van der Waals surface area contributed by atoms with E-state index in [1.165, 1.54) is 32.2 Å². The molecule has 2 aromatic rings. The molecule has 1 unspecified atom stereocenters. The largest absolute Gasteiger partial charge is 0.444 e. The van der Waals surface area contributed by atoms with Crippen molar-refractivity contribution in [1.82, 2.24) is 20.5 Å². The number of nitrogens with zero attached hydrogens (tertiary/aromatic N) is 3. The van der Waals surface area contributed by atoms with Crippen LogP contribution in [-0.2, 0) is 6.54 Å². The number of oxazole rings is 1. The molecule has 1 aromatic heterocycles. The first kappa shape index (κ1) is 22.7. The van der Waals surface area contributed by atoms with Crippen molar-refractivity contribution in [1.29, 1.82) is 0 Å². The lowest BCUT2D eigenvalue weighted by Crippen LogP contribution is -2.45. The van der Waals surface area contributed by atoms with Crippen molar-refractivity contribution in [2.45, 2.75) is 45.2 Å². The van der Waals surface area contributed by atoms with Crippen molar-refractivity contribution in [2.75, 3.05) is 26.7 Å². The summed E-state index contributed by atoms with van der Waals surface area (Å²) in [5.74, 6) is 1.44. The van der Waals surface area contributed by atoms with E-state index in [-0.39, 0.29) is 24.0 Å². The summed E-state index contributed by atoms with van der Waals surface area (Å²) in [4.78, 5) is 11.5. The van der Waals surface area contributed by atoms with Crippen LogP contribution in [0.5, 0.6) is 0 Å². The average Bonchev–Trinajstić information content (AvgIpc) is 3.20. The Morgan fingerprint density at radius 3 is 2.82 bits per heavy atom. The third kappa shape index (κ3) is 6.48. The molecule has 0 amide bonds. The van der Waals surface area contributed by atoms with Crippen molar-refractivity contribution < 1.29 is 4.42 Å². The number of hydrogen-bond acceptors (Lipinski definition) is 4. The lowest BCUT2D eigenvalue weighted by Gasteiger charge is -2.35. The molecule has 2 N–H and O–H groups in total. The second-order valence-corrected chi connectivity index (χ2v) is 6.96. The number of guanidine groups is 1. The van der Waals surface area contributed by atoms with E-state index in [0.717, 1.165) is 36.3 Å². The summed E-state index contributed by atoms with van der Waals surface area (Å²) in [7, 11) is 1.79. The molecule has 6 nitrogen and oxygen atoms in total. The molecule has 0 spiro atoms. The van der Waals surface area contributed by atoms with Crippen LogP contribution in [0, 0.1) is 0 Å². The Hall–Kier alpha value is -1.61. The second kappa shape index (κ2) is 12.1. The van der Waals surface area contributed by atoms with Gasteiger partial charge in [0.2, 0.25) is 5.89 Å². The molecule has 3 rings (SSSR count). The molecule has 1 saturated heterocycles. The Kier molecular flexibility index (Phi) is 9.77. The zero-order chi connectivity index (χ0) is 18.9. The summed E-state index contributed by atoms with van der Waals surface area (Å²) in [6, 6.07) is 10.7. The van der Waals surface area contributed by atoms with Crippen molar-refractivity contribution >= 4 is 29.9 Å². The lowest BCUT2D eigenvalue weighted by atomic mass is 10.0. The molecule has 1 atom stereocenters.